The Bertz CT molecular complexity index is 984. The Hall–Kier alpha value is -2.59. The highest BCUT2D eigenvalue weighted by Crippen LogP contribution is 2.35. The molecule has 1 atom stereocenters. The minimum atomic E-state index is -3.21. The van der Waals surface area contributed by atoms with Crippen LogP contribution in [0.1, 0.15) is 0 Å². The first kappa shape index (κ1) is 16.9. The number of ether oxygens (including phenoxy) is 2. The minimum Gasteiger partial charge on any atom is -0.486 e. The Morgan fingerprint density at radius 1 is 1.23 bits per heavy atom. The van der Waals surface area contributed by atoms with Crippen molar-refractivity contribution in [3.63, 3.8) is 0 Å². The Balaban J connectivity index is 1.42. The van der Waals surface area contributed by atoms with Crippen molar-refractivity contribution in [1.29, 1.82) is 0 Å². The fraction of sp³-hybridized carbons (Fsp3) is 0.250. The molecule has 0 bridgehead atoms. The van der Waals surface area contributed by atoms with Crippen LogP contribution in [0.25, 0.3) is 11.3 Å². The maximum Gasteiger partial charge on any atom is 0.321 e. The number of rotatable bonds is 3. The van der Waals surface area contributed by atoms with Gasteiger partial charge in [-0.3, -0.25) is 5.32 Å². The number of benzene rings is 1. The number of carbonyl (C=O) groups excluding carboxylic acids is 1. The molecule has 4 rings (SSSR count). The smallest absolute Gasteiger partial charge is 0.321 e. The molecule has 0 spiro atoms. The van der Waals surface area contributed by atoms with E-state index in [1.54, 1.807) is 0 Å². The average molecular weight is 393 g/mol. The van der Waals surface area contributed by atoms with Gasteiger partial charge in [0.25, 0.3) is 0 Å². The zero-order chi connectivity index (χ0) is 18.1. The van der Waals surface area contributed by atoms with Crippen molar-refractivity contribution in [1.82, 2.24) is 10.3 Å². The fourth-order valence-corrected chi connectivity index (χ4v) is 4.58. The van der Waals surface area contributed by atoms with Crippen molar-refractivity contribution < 1.29 is 22.7 Å². The van der Waals surface area contributed by atoms with Crippen molar-refractivity contribution in [2.24, 2.45) is 0 Å². The van der Waals surface area contributed by atoms with Gasteiger partial charge in [-0.05, 0) is 24.3 Å². The highest BCUT2D eigenvalue weighted by atomic mass is 32.2. The molecule has 2 aliphatic rings. The second-order valence-corrected chi connectivity index (χ2v) is 8.55. The number of aromatic nitrogens is 1. The first-order valence-corrected chi connectivity index (χ1v) is 10.4. The number of nitrogens with one attached hydrogen (secondary N) is 2. The monoisotopic (exact) mass is 393 g/mol. The fourth-order valence-electron chi connectivity index (χ4n) is 2.63. The van der Waals surface area contributed by atoms with E-state index >= 15 is 0 Å². The van der Waals surface area contributed by atoms with E-state index in [1.807, 2.05) is 23.6 Å². The molecule has 2 amide bonds. The van der Waals surface area contributed by atoms with Gasteiger partial charge in [0.2, 0.25) is 0 Å². The van der Waals surface area contributed by atoms with Gasteiger partial charge in [0, 0.05) is 16.4 Å². The van der Waals surface area contributed by atoms with E-state index in [9.17, 15) is 13.2 Å². The van der Waals surface area contributed by atoms with Crippen LogP contribution < -0.4 is 20.1 Å². The zero-order valence-corrected chi connectivity index (χ0v) is 15.1. The summed E-state index contributed by atoms with van der Waals surface area (Å²) in [5, 5.41) is 8.56. The summed E-state index contributed by atoms with van der Waals surface area (Å²) < 4.78 is 33.8. The van der Waals surface area contributed by atoms with Crippen molar-refractivity contribution in [2.45, 2.75) is 6.04 Å². The van der Waals surface area contributed by atoms with E-state index in [4.69, 9.17) is 9.47 Å². The summed E-state index contributed by atoms with van der Waals surface area (Å²) in [6, 6.07) is 4.52. The Kier molecular flexibility index (Phi) is 4.29. The lowest BCUT2D eigenvalue weighted by Gasteiger charge is -2.18. The summed E-state index contributed by atoms with van der Waals surface area (Å²) in [5.74, 6) is 1.25. The molecule has 0 saturated carbocycles. The molecule has 2 N–H and O–H groups in total. The van der Waals surface area contributed by atoms with E-state index in [1.165, 1.54) is 17.4 Å². The Morgan fingerprint density at radius 2 is 2.04 bits per heavy atom. The highest BCUT2D eigenvalue weighted by molar-refractivity contribution is 7.94. The molecule has 0 saturated heterocycles. The Labute approximate surface area is 153 Å². The first-order chi connectivity index (χ1) is 12.5. The number of sulfone groups is 1. The summed E-state index contributed by atoms with van der Waals surface area (Å²) in [6.45, 7) is 1.04. The van der Waals surface area contributed by atoms with Gasteiger partial charge in [-0.1, -0.05) is 0 Å². The summed E-state index contributed by atoms with van der Waals surface area (Å²) in [5.41, 5.74) is 1.55. The van der Waals surface area contributed by atoms with Gasteiger partial charge >= 0.3 is 6.03 Å². The highest BCUT2D eigenvalue weighted by Gasteiger charge is 2.23. The zero-order valence-electron chi connectivity index (χ0n) is 13.5. The summed E-state index contributed by atoms with van der Waals surface area (Å²) in [4.78, 5) is 16.4. The lowest BCUT2D eigenvalue weighted by Crippen LogP contribution is -2.38. The van der Waals surface area contributed by atoms with Gasteiger partial charge in [0.15, 0.2) is 26.5 Å². The molecule has 2 aromatic rings. The van der Waals surface area contributed by atoms with Crippen LogP contribution in [0.2, 0.25) is 0 Å². The van der Waals surface area contributed by atoms with Crippen LogP contribution in [-0.4, -0.2) is 44.4 Å². The quantitative estimate of drug-likeness (QED) is 0.826. The number of hydrogen-bond acceptors (Lipinski definition) is 7. The summed E-state index contributed by atoms with van der Waals surface area (Å²) in [7, 11) is -3.21. The van der Waals surface area contributed by atoms with Crippen LogP contribution in [0.3, 0.4) is 0 Å². The number of hydrogen-bond donors (Lipinski definition) is 2. The Morgan fingerprint density at radius 3 is 2.81 bits per heavy atom. The molecule has 1 aromatic heterocycles. The molecule has 0 aliphatic carbocycles. The molecule has 8 nitrogen and oxygen atoms in total. The molecule has 0 radical (unpaired) electrons. The van der Waals surface area contributed by atoms with Crippen molar-refractivity contribution in [2.75, 3.05) is 24.3 Å². The standard InChI is InChI=1S/C16H15N3O5S2/c20-15(17-11-3-6-26(21,22)9-11)19-16-18-12(8-25-16)10-1-2-13-14(7-10)24-5-4-23-13/h1-3,6-8,11H,4-5,9H2,(H2,17,18,19,20)/t11-/m0/s1. The summed E-state index contributed by atoms with van der Waals surface area (Å²) >= 11 is 1.28. The lowest BCUT2D eigenvalue weighted by atomic mass is 10.1. The van der Waals surface area contributed by atoms with Gasteiger partial charge in [-0.2, -0.15) is 0 Å². The third-order valence-electron chi connectivity index (χ3n) is 3.81. The predicted molar refractivity (Wildman–Crippen MR) is 97.4 cm³/mol. The van der Waals surface area contributed by atoms with Crippen molar-refractivity contribution in [3.8, 4) is 22.8 Å². The molecular formula is C16H15N3O5S2. The van der Waals surface area contributed by atoms with Crippen LogP contribution in [-0.2, 0) is 9.84 Å². The van der Waals surface area contributed by atoms with Gasteiger partial charge in [0.1, 0.15) is 13.2 Å². The number of carbonyl (C=O) groups is 1. The van der Waals surface area contributed by atoms with Gasteiger partial charge < -0.3 is 14.8 Å². The number of amides is 2. The maximum absolute atomic E-state index is 12.0. The topological polar surface area (TPSA) is 107 Å². The number of urea groups is 1. The number of fused-ring (bicyclic) bond motifs is 1. The van der Waals surface area contributed by atoms with Crippen LogP contribution in [0.15, 0.2) is 35.1 Å². The van der Waals surface area contributed by atoms with E-state index in [-0.39, 0.29) is 5.75 Å². The first-order valence-electron chi connectivity index (χ1n) is 7.82. The van der Waals surface area contributed by atoms with Crippen molar-refractivity contribution >= 4 is 32.3 Å². The van der Waals surface area contributed by atoms with Crippen LogP contribution in [0, 0.1) is 0 Å². The second-order valence-electron chi connectivity index (χ2n) is 5.76. The molecule has 3 heterocycles. The molecule has 0 unspecified atom stereocenters. The van der Waals surface area contributed by atoms with Gasteiger partial charge in [0.05, 0.1) is 17.5 Å². The SMILES string of the molecule is O=C(Nc1nc(-c2ccc3c(c2)OCCO3)cs1)N[C@H]1C=CS(=O)(=O)C1. The lowest BCUT2D eigenvalue weighted by molar-refractivity contribution is 0.171. The molecular weight excluding hydrogens is 378 g/mol. The molecule has 136 valence electrons. The molecule has 26 heavy (non-hydrogen) atoms. The number of nitrogens with zero attached hydrogens (tertiary/aromatic N) is 1. The molecule has 10 heteroatoms. The van der Waals surface area contributed by atoms with Gasteiger partial charge in [-0.25, -0.2) is 18.2 Å². The number of anilines is 1. The molecule has 0 fully saturated rings. The third kappa shape index (κ3) is 3.65. The molecule has 1 aromatic carbocycles. The third-order valence-corrected chi connectivity index (χ3v) is 5.96. The maximum atomic E-state index is 12.0. The van der Waals surface area contributed by atoms with Crippen LogP contribution in [0.5, 0.6) is 11.5 Å². The normalized spacial score (nSPS) is 19.9. The predicted octanol–water partition coefficient (Wildman–Crippen LogP) is 2.01. The summed E-state index contributed by atoms with van der Waals surface area (Å²) in [6.07, 6.45) is 1.46. The molecule has 2 aliphatic heterocycles. The minimum absolute atomic E-state index is 0.124. The average Bonchev–Trinajstić information content (AvgIpc) is 3.20. The van der Waals surface area contributed by atoms with Crippen LogP contribution in [0.4, 0.5) is 9.93 Å². The van der Waals surface area contributed by atoms with Crippen LogP contribution >= 0.6 is 11.3 Å². The van der Waals surface area contributed by atoms with Gasteiger partial charge in [-0.15, -0.1) is 11.3 Å². The second kappa shape index (κ2) is 6.61. The van der Waals surface area contributed by atoms with E-state index in [0.29, 0.717) is 35.5 Å². The van der Waals surface area contributed by atoms with E-state index in [0.717, 1.165) is 11.0 Å². The van der Waals surface area contributed by atoms with E-state index < -0.39 is 21.9 Å². The van der Waals surface area contributed by atoms with Crippen molar-refractivity contribution in [3.05, 3.63) is 35.1 Å². The number of thiazole rings is 1. The largest absolute Gasteiger partial charge is 0.486 e. The van der Waals surface area contributed by atoms with E-state index in [2.05, 4.69) is 15.6 Å².